The lowest BCUT2D eigenvalue weighted by Gasteiger charge is -2.10. The average molecular weight is 282 g/mol. The highest BCUT2D eigenvalue weighted by molar-refractivity contribution is 6.11. The molecule has 2 aromatic carbocycles. The third-order valence-corrected chi connectivity index (χ3v) is 2.85. The summed E-state index contributed by atoms with van der Waals surface area (Å²) in [6.07, 6.45) is 1.04. The number of carbonyl (C=O) groups excluding carboxylic acids is 2. The molecule has 0 spiro atoms. The van der Waals surface area contributed by atoms with Gasteiger partial charge in [0.05, 0.1) is 12.7 Å². The van der Waals surface area contributed by atoms with Crippen molar-refractivity contribution < 1.29 is 19.1 Å². The fourth-order valence-corrected chi connectivity index (χ4v) is 1.80. The molecule has 0 aliphatic carbocycles. The smallest absolute Gasteiger partial charge is 0.335 e. The van der Waals surface area contributed by atoms with Crippen LogP contribution < -0.4 is 9.47 Å². The van der Waals surface area contributed by atoms with Crippen LogP contribution in [0.2, 0.25) is 0 Å². The van der Waals surface area contributed by atoms with E-state index in [1.54, 1.807) is 36.4 Å². The van der Waals surface area contributed by atoms with Crippen LogP contribution in [0.1, 0.15) is 15.9 Å². The number of rotatable bonds is 5. The summed E-state index contributed by atoms with van der Waals surface area (Å²) in [5, 5.41) is 0. The summed E-state index contributed by atoms with van der Waals surface area (Å²) in [5.41, 5.74) is 0.802. The van der Waals surface area contributed by atoms with Crippen molar-refractivity contribution in [3.63, 3.8) is 0 Å². The number of methoxy groups -OCH3 is 1. The predicted octanol–water partition coefficient (Wildman–Crippen LogP) is 3.02. The molecule has 0 aliphatic rings. The molecule has 0 bridgehead atoms. The molecule has 2 rings (SSSR count). The minimum atomic E-state index is -0.634. The molecule has 0 N–H and O–H groups in total. The van der Waals surface area contributed by atoms with Gasteiger partial charge in [-0.15, -0.1) is 0 Å². The number of ether oxygens (including phenoxy) is 2. The molecule has 0 heterocycles. The molecular formula is C17H14O4. The predicted molar refractivity (Wildman–Crippen MR) is 78.7 cm³/mol. The Kier molecular flexibility index (Phi) is 4.51. The van der Waals surface area contributed by atoms with E-state index in [4.69, 9.17) is 9.47 Å². The van der Waals surface area contributed by atoms with Gasteiger partial charge in [0.1, 0.15) is 11.5 Å². The summed E-state index contributed by atoms with van der Waals surface area (Å²) in [7, 11) is 1.49. The first-order chi connectivity index (χ1) is 10.2. The highest BCUT2D eigenvalue weighted by Crippen LogP contribution is 2.27. The van der Waals surface area contributed by atoms with Crippen molar-refractivity contribution >= 4 is 11.8 Å². The van der Waals surface area contributed by atoms with Gasteiger partial charge in [-0.25, -0.2) is 4.79 Å². The van der Waals surface area contributed by atoms with Crippen molar-refractivity contribution in [2.75, 3.05) is 7.11 Å². The Morgan fingerprint density at radius 3 is 2.43 bits per heavy atom. The Bertz CT molecular complexity index is 674. The summed E-state index contributed by atoms with van der Waals surface area (Å²) in [5.74, 6) is -0.227. The number of hydrogen-bond donors (Lipinski definition) is 0. The molecule has 0 aliphatic heterocycles. The van der Waals surface area contributed by atoms with Gasteiger partial charge in [-0.05, 0) is 12.1 Å². The topological polar surface area (TPSA) is 52.6 Å². The monoisotopic (exact) mass is 282 g/mol. The number of hydrogen-bond acceptors (Lipinski definition) is 4. The van der Waals surface area contributed by atoms with E-state index < -0.39 is 5.97 Å². The van der Waals surface area contributed by atoms with Gasteiger partial charge in [0.25, 0.3) is 0 Å². The van der Waals surface area contributed by atoms with Crippen LogP contribution in [0.15, 0.2) is 61.2 Å². The second kappa shape index (κ2) is 6.52. The van der Waals surface area contributed by atoms with Crippen LogP contribution in [0.4, 0.5) is 0 Å². The minimum Gasteiger partial charge on any atom is -0.497 e. The molecule has 0 saturated carbocycles. The Balaban J connectivity index is 2.44. The van der Waals surface area contributed by atoms with Crippen LogP contribution in [0.3, 0.4) is 0 Å². The van der Waals surface area contributed by atoms with Crippen LogP contribution in [0, 0.1) is 0 Å². The third-order valence-electron chi connectivity index (χ3n) is 2.85. The first kappa shape index (κ1) is 14.5. The lowest BCUT2D eigenvalue weighted by atomic mass is 10.0. The molecule has 2 aromatic rings. The SMILES string of the molecule is C=CC(=O)Oc1cc(OC)ccc1C(=O)c1ccccc1. The zero-order chi connectivity index (χ0) is 15.2. The summed E-state index contributed by atoms with van der Waals surface area (Å²) in [4.78, 5) is 23.9. The highest BCUT2D eigenvalue weighted by Gasteiger charge is 2.17. The summed E-state index contributed by atoms with van der Waals surface area (Å²) in [6.45, 7) is 3.34. The highest BCUT2D eigenvalue weighted by atomic mass is 16.5. The van der Waals surface area contributed by atoms with E-state index in [1.807, 2.05) is 6.07 Å². The zero-order valence-electron chi connectivity index (χ0n) is 11.5. The lowest BCUT2D eigenvalue weighted by Crippen LogP contribution is -2.09. The van der Waals surface area contributed by atoms with E-state index in [-0.39, 0.29) is 17.1 Å². The van der Waals surface area contributed by atoms with Gasteiger partial charge in [0.2, 0.25) is 0 Å². The van der Waals surface area contributed by atoms with Crippen molar-refractivity contribution in [3.8, 4) is 11.5 Å². The number of esters is 1. The average Bonchev–Trinajstić information content (AvgIpc) is 2.54. The second-order valence-corrected chi connectivity index (χ2v) is 4.18. The molecule has 0 fully saturated rings. The van der Waals surface area contributed by atoms with Gasteiger partial charge in [-0.2, -0.15) is 0 Å². The number of ketones is 1. The third kappa shape index (κ3) is 3.36. The maximum atomic E-state index is 12.5. The van der Waals surface area contributed by atoms with Crippen molar-refractivity contribution in [2.24, 2.45) is 0 Å². The van der Waals surface area contributed by atoms with Crippen molar-refractivity contribution in [2.45, 2.75) is 0 Å². The van der Waals surface area contributed by atoms with E-state index in [1.165, 1.54) is 13.2 Å². The zero-order valence-corrected chi connectivity index (χ0v) is 11.5. The molecule has 0 radical (unpaired) electrons. The molecule has 21 heavy (non-hydrogen) atoms. The second-order valence-electron chi connectivity index (χ2n) is 4.18. The molecule has 0 saturated heterocycles. The molecule has 0 amide bonds. The fourth-order valence-electron chi connectivity index (χ4n) is 1.80. The number of benzene rings is 2. The van der Waals surface area contributed by atoms with E-state index in [2.05, 4.69) is 6.58 Å². The molecule has 4 nitrogen and oxygen atoms in total. The molecule has 4 heteroatoms. The fraction of sp³-hybridized carbons (Fsp3) is 0.0588. The largest absolute Gasteiger partial charge is 0.497 e. The van der Waals surface area contributed by atoms with Crippen LogP contribution in [0.25, 0.3) is 0 Å². The summed E-state index contributed by atoms with van der Waals surface area (Å²) < 4.78 is 10.2. The summed E-state index contributed by atoms with van der Waals surface area (Å²) >= 11 is 0. The molecule has 0 aromatic heterocycles. The van der Waals surface area contributed by atoms with Crippen molar-refractivity contribution in [1.82, 2.24) is 0 Å². The molecule has 0 unspecified atom stereocenters. The Morgan fingerprint density at radius 1 is 1.10 bits per heavy atom. The van der Waals surface area contributed by atoms with Crippen LogP contribution in [-0.4, -0.2) is 18.9 Å². The summed E-state index contributed by atoms with van der Waals surface area (Å²) in [6, 6.07) is 13.5. The standard InChI is InChI=1S/C17H14O4/c1-3-16(18)21-15-11-13(20-2)9-10-14(15)17(19)12-7-5-4-6-8-12/h3-11H,1H2,2H3. The van der Waals surface area contributed by atoms with Gasteiger partial charge in [0, 0.05) is 17.7 Å². The van der Waals surface area contributed by atoms with E-state index >= 15 is 0 Å². The van der Waals surface area contributed by atoms with Gasteiger partial charge in [0.15, 0.2) is 5.78 Å². The first-order valence-corrected chi connectivity index (χ1v) is 6.27. The van der Waals surface area contributed by atoms with Gasteiger partial charge in [-0.3, -0.25) is 4.79 Å². The lowest BCUT2D eigenvalue weighted by molar-refractivity contribution is -0.128. The molecule has 106 valence electrons. The van der Waals surface area contributed by atoms with Gasteiger partial charge >= 0.3 is 5.97 Å². The van der Waals surface area contributed by atoms with E-state index in [0.717, 1.165) is 6.08 Å². The van der Waals surface area contributed by atoms with E-state index in [0.29, 0.717) is 11.3 Å². The first-order valence-electron chi connectivity index (χ1n) is 6.27. The molecule has 0 atom stereocenters. The van der Waals surface area contributed by atoms with Crippen LogP contribution >= 0.6 is 0 Å². The Hall–Kier alpha value is -2.88. The normalized spacial score (nSPS) is 9.76. The number of carbonyl (C=O) groups is 2. The molecular weight excluding hydrogens is 268 g/mol. The van der Waals surface area contributed by atoms with Gasteiger partial charge < -0.3 is 9.47 Å². The van der Waals surface area contributed by atoms with Crippen molar-refractivity contribution in [3.05, 3.63) is 72.3 Å². The van der Waals surface area contributed by atoms with Gasteiger partial charge in [-0.1, -0.05) is 36.9 Å². The minimum absolute atomic E-state index is 0.146. The maximum absolute atomic E-state index is 12.5. The Labute approximate surface area is 122 Å². The van der Waals surface area contributed by atoms with Crippen LogP contribution in [-0.2, 0) is 4.79 Å². The van der Waals surface area contributed by atoms with Crippen LogP contribution in [0.5, 0.6) is 11.5 Å². The maximum Gasteiger partial charge on any atom is 0.335 e. The quantitative estimate of drug-likeness (QED) is 0.366. The van der Waals surface area contributed by atoms with Crippen molar-refractivity contribution in [1.29, 1.82) is 0 Å². The Morgan fingerprint density at radius 2 is 1.81 bits per heavy atom. The van der Waals surface area contributed by atoms with E-state index in [9.17, 15) is 9.59 Å².